The molecular formula is C23H30ClNO4. The van der Waals surface area contributed by atoms with E-state index in [-0.39, 0.29) is 18.2 Å². The van der Waals surface area contributed by atoms with Gasteiger partial charge in [-0.05, 0) is 69.0 Å². The minimum atomic E-state index is -0.500. The Morgan fingerprint density at radius 2 is 1.66 bits per heavy atom. The van der Waals surface area contributed by atoms with E-state index < -0.39 is 5.60 Å². The van der Waals surface area contributed by atoms with E-state index >= 15 is 0 Å². The number of aryl methyl sites for hydroxylation is 1. The Balaban J connectivity index is 0.000000749. The second kappa shape index (κ2) is 10.5. The van der Waals surface area contributed by atoms with Crippen molar-refractivity contribution in [3.63, 3.8) is 0 Å². The highest BCUT2D eigenvalue weighted by Crippen LogP contribution is 2.32. The third-order valence-corrected chi connectivity index (χ3v) is 4.27. The van der Waals surface area contributed by atoms with Crippen LogP contribution < -0.4 is 0 Å². The van der Waals surface area contributed by atoms with Crippen LogP contribution in [-0.4, -0.2) is 34.6 Å². The van der Waals surface area contributed by atoms with Crippen molar-refractivity contribution < 1.29 is 19.4 Å². The monoisotopic (exact) mass is 419 g/mol. The minimum Gasteiger partial charge on any atom is -0.469 e. The van der Waals surface area contributed by atoms with E-state index in [1.807, 2.05) is 32.9 Å². The molecule has 0 unspecified atom stereocenters. The van der Waals surface area contributed by atoms with Crippen molar-refractivity contribution >= 4 is 23.4 Å². The molecule has 0 amide bonds. The zero-order valence-electron chi connectivity index (χ0n) is 18.2. The number of carbonyl (C=O) groups is 2. The predicted molar refractivity (Wildman–Crippen MR) is 116 cm³/mol. The van der Waals surface area contributed by atoms with Crippen molar-refractivity contribution in [1.82, 2.24) is 4.98 Å². The number of aliphatic hydroxyl groups is 1. The summed E-state index contributed by atoms with van der Waals surface area (Å²) in [5.74, 6) is -0.362. The lowest BCUT2D eigenvalue weighted by Gasteiger charge is -2.17. The maximum absolute atomic E-state index is 12.2. The van der Waals surface area contributed by atoms with Gasteiger partial charge < -0.3 is 9.84 Å². The van der Waals surface area contributed by atoms with Crippen LogP contribution in [0.1, 0.15) is 61.4 Å². The van der Waals surface area contributed by atoms with Crippen molar-refractivity contribution in [2.24, 2.45) is 0 Å². The van der Waals surface area contributed by atoms with E-state index in [0.29, 0.717) is 22.8 Å². The Labute approximate surface area is 178 Å². The van der Waals surface area contributed by atoms with Crippen LogP contribution in [0.2, 0.25) is 5.02 Å². The highest BCUT2D eigenvalue weighted by Gasteiger charge is 2.21. The smallest absolute Gasteiger partial charge is 0.310 e. The average molecular weight is 420 g/mol. The van der Waals surface area contributed by atoms with Gasteiger partial charge in [0.25, 0.3) is 0 Å². The fourth-order valence-electron chi connectivity index (χ4n) is 2.72. The van der Waals surface area contributed by atoms with Crippen LogP contribution in [0.15, 0.2) is 24.3 Å². The SMILES string of the molecule is CC(C)(C)O.CCC(=O)c1nc(C)c(CC(=O)OC)c(-c2ccc(Cl)cc2)c1C. The molecule has 5 nitrogen and oxygen atoms in total. The van der Waals surface area contributed by atoms with Gasteiger partial charge in [-0.2, -0.15) is 0 Å². The molecule has 158 valence electrons. The van der Waals surface area contributed by atoms with Crippen molar-refractivity contribution in [3.05, 3.63) is 51.8 Å². The van der Waals surface area contributed by atoms with E-state index in [0.717, 1.165) is 22.3 Å². The van der Waals surface area contributed by atoms with Gasteiger partial charge in [0, 0.05) is 17.1 Å². The van der Waals surface area contributed by atoms with Gasteiger partial charge in [-0.3, -0.25) is 9.59 Å². The maximum atomic E-state index is 12.2. The number of pyridine rings is 1. The van der Waals surface area contributed by atoms with Crippen molar-refractivity contribution in [3.8, 4) is 11.1 Å². The number of rotatable bonds is 5. The van der Waals surface area contributed by atoms with Gasteiger partial charge >= 0.3 is 5.97 Å². The maximum Gasteiger partial charge on any atom is 0.310 e. The molecule has 2 rings (SSSR count). The second-order valence-electron chi connectivity index (χ2n) is 7.73. The molecule has 0 atom stereocenters. The van der Waals surface area contributed by atoms with E-state index in [1.165, 1.54) is 7.11 Å². The molecule has 0 aliphatic carbocycles. The number of ketones is 1. The molecule has 0 saturated heterocycles. The summed E-state index contributed by atoms with van der Waals surface area (Å²) >= 11 is 5.98. The van der Waals surface area contributed by atoms with Crippen LogP contribution in [0.5, 0.6) is 0 Å². The molecular weight excluding hydrogens is 390 g/mol. The number of benzene rings is 1. The van der Waals surface area contributed by atoms with Gasteiger partial charge in [-0.25, -0.2) is 4.98 Å². The molecule has 0 saturated carbocycles. The van der Waals surface area contributed by atoms with E-state index in [9.17, 15) is 9.59 Å². The molecule has 29 heavy (non-hydrogen) atoms. The van der Waals surface area contributed by atoms with Gasteiger partial charge in [-0.15, -0.1) is 0 Å². The summed E-state index contributed by atoms with van der Waals surface area (Å²) in [6.07, 6.45) is 0.485. The lowest BCUT2D eigenvalue weighted by molar-refractivity contribution is -0.139. The summed E-state index contributed by atoms with van der Waals surface area (Å²) in [6, 6.07) is 7.33. The highest BCUT2D eigenvalue weighted by molar-refractivity contribution is 6.30. The first kappa shape index (κ1) is 24.8. The Morgan fingerprint density at radius 1 is 1.14 bits per heavy atom. The van der Waals surface area contributed by atoms with Crippen LogP contribution in [0.4, 0.5) is 0 Å². The number of hydrogen-bond acceptors (Lipinski definition) is 5. The summed E-state index contributed by atoms with van der Waals surface area (Å²) in [5, 5.41) is 9.15. The van der Waals surface area contributed by atoms with Crippen LogP contribution in [0.3, 0.4) is 0 Å². The summed E-state index contributed by atoms with van der Waals surface area (Å²) < 4.78 is 4.80. The number of aromatic nitrogens is 1. The topological polar surface area (TPSA) is 76.5 Å². The quantitative estimate of drug-likeness (QED) is 0.538. The average Bonchev–Trinajstić information content (AvgIpc) is 2.63. The molecule has 1 aromatic heterocycles. The lowest BCUT2D eigenvalue weighted by Crippen LogP contribution is -2.13. The largest absolute Gasteiger partial charge is 0.469 e. The number of halogens is 1. The zero-order valence-corrected chi connectivity index (χ0v) is 19.0. The molecule has 1 heterocycles. The first-order chi connectivity index (χ1) is 13.4. The number of methoxy groups -OCH3 is 1. The molecule has 0 aliphatic heterocycles. The molecule has 0 aliphatic rings. The first-order valence-electron chi connectivity index (χ1n) is 9.47. The van der Waals surface area contributed by atoms with Gasteiger partial charge in [0.2, 0.25) is 0 Å². The van der Waals surface area contributed by atoms with Gasteiger partial charge in [0.1, 0.15) is 5.69 Å². The van der Waals surface area contributed by atoms with Crippen molar-refractivity contribution in [2.45, 2.75) is 60.0 Å². The Bertz CT molecular complexity index is 862. The molecule has 6 heteroatoms. The standard InChI is InChI=1S/C19H20ClNO3.C4H10O/c1-5-16(22)19-11(2)18(13-6-8-14(20)9-7-13)15(12(3)21-19)10-17(23)24-4;1-4(2,3)5/h6-9H,5,10H2,1-4H3;5H,1-3H3. The molecule has 1 N–H and O–H groups in total. The third-order valence-electron chi connectivity index (χ3n) is 4.02. The Hall–Kier alpha value is -2.24. The normalized spacial score (nSPS) is 10.8. The number of Topliss-reactive ketones (excluding diaryl/α,β-unsaturated/α-hetero) is 1. The summed E-state index contributed by atoms with van der Waals surface area (Å²) in [7, 11) is 1.36. The van der Waals surface area contributed by atoms with Crippen molar-refractivity contribution in [1.29, 1.82) is 0 Å². The van der Waals surface area contributed by atoms with Gasteiger partial charge in [-0.1, -0.05) is 30.7 Å². The summed E-state index contributed by atoms with van der Waals surface area (Å²) in [5.41, 5.74) is 3.90. The van der Waals surface area contributed by atoms with Crippen LogP contribution in [0.25, 0.3) is 11.1 Å². The molecule has 0 radical (unpaired) electrons. The Morgan fingerprint density at radius 3 is 2.10 bits per heavy atom. The lowest BCUT2D eigenvalue weighted by atomic mass is 9.90. The van der Waals surface area contributed by atoms with Gasteiger partial charge in [0.15, 0.2) is 5.78 Å². The van der Waals surface area contributed by atoms with Crippen LogP contribution >= 0.6 is 11.6 Å². The zero-order chi connectivity index (χ0) is 22.4. The molecule has 2 aromatic rings. The second-order valence-corrected chi connectivity index (χ2v) is 8.17. The summed E-state index contributed by atoms with van der Waals surface area (Å²) in [6.45, 7) is 10.7. The highest BCUT2D eigenvalue weighted by atomic mass is 35.5. The first-order valence-corrected chi connectivity index (χ1v) is 9.85. The predicted octanol–water partition coefficient (Wildman–Crippen LogP) is 5.10. The number of hydrogen-bond donors (Lipinski definition) is 1. The molecule has 0 bridgehead atoms. The van der Waals surface area contributed by atoms with Gasteiger partial charge in [0.05, 0.1) is 19.1 Å². The molecule has 0 fully saturated rings. The number of carbonyl (C=O) groups excluding carboxylic acids is 2. The fourth-order valence-corrected chi connectivity index (χ4v) is 2.85. The fraction of sp³-hybridized carbons (Fsp3) is 0.435. The molecule has 1 aromatic carbocycles. The molecule has 0 spiro atoms. The third kappa shape index (κ3) is 7.59. The number of esters is 1. The van der Waals surface area contributed by atoms with E-state index in [2.05, 4.69) is 4.98 Å². The van der Waals surface area contributed by atoms with E-state index in [1.54, 1.807) is 32.9 Å². The van der Waals surface area contributed by atoms with Crippen LogP contribution in [-0.2, 0) is 16.0 Å². The van der Waals surface area contributed by atoms with E-state index in [4.69, 9.17) is 21.4 Å². The number of nitrogens with zero attached hydrogens (tertiary/aromatic N) is 1. The number of ether oxygens (including phenoxy) is 1. The summed E-state index contributed by atoms with van der Waals surface area (Å²) in [4.78, 5) is 28.5. The Kier molecular flexibility index (Phi) is 8.99. The van der Waals surface area contributed by atoms with Crippen molar-refractivity contribution in [2.75, 3.05) is 7.11 Å². The minimum absolute atomic E-state index is 0.0181. The van der Waals surface area contributed by atoms with Crippen LogP contribution in [0, 0.1) is 13.8 Å².